The fraction of sp³-hybridized carbons (Fsp3) is 0.257. The van der Waals surface area contributed by atoms with Crippen LogP contribution >= 0.6 is 23.2 Å². The molecule has 4 aromatic carbocycles. The molecule has 0 fully saturated rings. The van der Waals surface area contributed by atoms with Crippen molar-refractivity contribution in [2.75, 3.05) is 17.9 Å². The Kier molecular flexibility index (Phi) is 11.3. The molecule has 0 bridgehead atoms. The lowest BCUT2D eigenvalue weighted by Crippen LogP contribution is -2.53. The van der Waals surface area contributed by atoms with E-state index in [0.717, 1.165) is 21.0 Å². The maximum Gasteiger partial charge on any atom is 0.264 e. The fourth-order valence-corrected chi connectivity index (χ4v) is 6.90. The maximum absolute atomic E-state index is 14.5. The molecule has 236 valence electrons. The molecule has 1 N–H and O–H groups in total. The maximum atomic E-state index is 14.5. The third-order valence-electron chi connectivity index (χ3n) is 7.64. The van der Waals surface area contributed by atoms with Gasteiger partial charge in [0.25, 0.3) is 10.0 Å². The highest BCUT2D eigenvalue weighted by atomic mass is 35.5. The van der Waals surface area contributed by atoms with Gasteiger partial charge in [-0.1, -0.05) is 103 Å². The van der Waals surface area contributed by atoms with Crippen LogP contribution in [0.15, 0.2) is 102 Å². The van der Waals surface area contributed by atoms with Gasteiger partial charge in [-0.05, 0) is 60.4 Å². The van der Waals surface area contributed by atoms with Gasteiger partial charge in [0, 0.05) is 35.6 Å². The van der Waals surface area contributed by atoms with Crippen LogP contribution in [0.1, 0.15) is 42.0 Å². The van der Waals surface area contributed by atoms with Crippen molar-refractivity contribution in [1.82, 2.24) is 10.2 Å². The number of carbonyl (C=O) groups excluding carboxylic acids is 2. The number of halogens is 2. The van der Waals surface area contributed by atoms with Gasteiger partial charge < -0.3 is 10.2 Å². The number of aryl methyl sites for hydroxylation is 1. The minimum Gasteiger partial charge on any atom is -0.357 e. The second-order valence-corrected chi connectivity index (χ2v) is 13.8. The number of rotatable bonds is 12. The van der Waals surface area contributed by atoms with Crippen molar-refractivity contribution in [2.45, 2.75) is 50.6 Å². The number of nitrogens with one attached hydrogen (secondary N) is 1. The molecule has 0 aliphatic rings. The smallest absolute Gasteiger partial charge is 0.264 e. The third-order valence-corrected chi connectivity index (χ3v) is 10.1. The van der Waals surface area contributed by atoms with Crippen molar-refractivity contribution in [2.24, 2.45) is 0 Å². The largest absolute Gasteiger partial charge is 0.357 e. The first kappa shape index (κ1) is 34.0. The Labute approximate surface area is 275 Å². The first-order chi connectivity index (χ1) is 21.4. The van der Waals surface area contributed by atoms with Gasteiger partial charge in [-0.2, -0.15) is 0 Å². The summed E-state index contributed by atoms with van der Waals surface area (Å²) in [4.78, 5) is 29.3. The molecular formula is C35H37Cl2N3O4S. The Morgan fingerprint density at radius 3 is 1.98 bits per heavy atom. The number of benzene rings is 4. The van der Waals surface area contributed by atoms with Crippen molar-refractivity contribution >= 4 is 50.7 Å². The van der Waals surface area contributed by atoms with Crippen molar-refractivity contribution in [3.05, 3.63) is 129 Å². The average Bonchev–Trinajstić information content (AvgIpc) is 3.03. The molecule has 0 aliphatic heterocycles. The number of likely N-dealkylation sites (N-methyl/N-ethyl adjacent to an activating group) is 1. The van der Waals surface area contributed by atoms with Gasteiger partial charge >= 0.3 is 0 Å². The Hall–Kier alpha value is -3.85. The summed E-state index contributed by atoms with van der Waals surface area (Å²) >= 11 is 13.1. The van der Waals surface area contributed by atoms with E-state index in [-0.39, 0.29) is 23.8 Å². The van der Waals surface area contributed by atoms with E-state index in [0.29, 0.717) is 21.3 Å². The Bertz CT molecular complexity index is 1710. The topological polar surface area (TPSA) is 86.8 Å². The van der Waals surface area contributed by atoms with Crippen LogP contribution in [0, 0.1) is 6.92 Å². The molecule has 4 aromatic rings. The number of nitrogens with zero attached hydrogens (tertiary/aromatic N) is 2. The number of anilines is 1. The van der Waals surface area contributed by atoms with Crippen LogP contribution in [0.3, 0.4) is 0 Å². The molecule has 0 heterocycles. The summed E-state index contributed by atoms with van der Waals surface area (Å²) in [6.07, 6.45) is 0.183. The van der Waals surface area contributed by atoms with Crippen LogP contribution in [0.25, 0.3) is 0 Å². The van der Waals surface area contributed by atoms with Gasteiger partial charge in [-0.25, -0.2) is 8.42 Å². The van der Waals surface area contributed by atoms with E-state index in [9.17, 15) is 18.0 Å². The highest BCUT2D eigenvalue weighted by Crippen LogP contribution is 2.30. The Morgan fingerprint density at radius 2 is 1.42 bits per heavy atom. The van der Waals surface area contributed by atoms with Gasteiger partial charge in [0.2, 0.25) is 11.8 Å². The molecule has 0 spiro atoms. The standard InChI is InChI=1S/C35H37Cl2N3O4S/c1-24(2)27-15-17-28(18-16-27)40(45(43,44)29-19-13-25(3)14-20-29)23-34(41)39(22-30-31(36)11-8-12-32(30)37)33(35(42)38-4)21-26-9-6-5-7-10-26/h5-20,24,33H,21-23H2,1-4H3,(H,38,42)/t33-/m1/s1. The third kappa shape index (κ3) is 8.25. The minimum absolute atomic E-state index is 0.0432. The van der Waals surface area contributed by atoms with Crippen molar-refractivity contribution in [3.63, 3.8) is 0 Å². The summed E-state index contributed by atoms with van der Waals surface area (Å²) in [5.41, 5.74) is 3.52. The normalized spacial score (nSPS) is 12.1. The van der Waals surface area contributed by atoms with Gasteiger partial charge in [0.1, 0.15) is 12.6 Å². The van der Waals surface area contributed by atoms with Gasteiger partial charge in [-0.15, -0.1) is 0 Å². The van der Waals surface area contributed by atoms with E-state index in [2.05, 4.69) is 5.32 Å². The number of carbonyl (C=O) groups is 2. The lowest BCUT2D eigenvalue weighted by Gasteiger charge is -2.34. The summed E-state index contributed by atoms with van der Waals surface area (Å²) in [5.74, 6) is -0.784. The molecule has 4 rings (SSSR count). The van der Waals surface area contributed by atoms with Crippen LogP contribution in [0.5, 0.6) is 0 Å². The van der Waals surface area contributed by atoms with E-state index >= 15 is 0 Å². The SMILES string of the molecule is CNC(=O)[C@@H](Cc1ccccc1)N(Cc1c(Cl)cccc1Cl)C(=O)CN(c1ccc(C(C)C)cc1)S(=O)(=O)c1ccc(C)cc1. The molecule has 0 aromatic heterocycles. The molecule has 0 aliphatic carbocycles. The van der Waals surface area contributed by atoms with Gasteiger partial charge in [0.05, 0.1) is 10.6 Å². The summed E-state index contributed by atoms with van der Waals surface area (Å²) in [7, 11) is -2.70. The first-order valence-corrected chi connectivity index (χ1v) is 16.8. The number of hydrogen-bond acceptors (Lipinski definition) is 4. The first-order valence-electron chi connectivity index (χ1n) is 14.6. The summed E-state index contributed by atoms with van der Waals surface area (Å²) in [6.45, 7) is 5.27. The molecule has 2 amide bonds. The van der Waals surface area contributed by atoms with Gasteiger partial charge in [-0.3, -0.25) is 13.9 Å². The second-order valence-electron chi connectivity index (χ2n) is 11.1. The van der Waals surface area contributed by atoms with E-state index in [4.69, 9.17) is 23.2 Å². The van der Waals surface area contributed by atoms with Crippen LogP contribution < -0.4 is 9.62 Å². The zero-order chi connectivity index (χ0) is 32.7. The van der Waals surface area contributed by atoms with Crippen LogP contribution in [-0.4, -0.2) is 44.8 Å². The summed E-state index contributed by atoms with van der Waals surface area (Å²) in [6, 6.07) is 26.9. The van der Waals surface area contributed by atoms with Crippen LogP contribution in [0.4, 0.5) is 5.69 Å². The second kappa shape index (κ2) is 15.0. The summed E-state index contributed by atoms with van der Waals surface area (Å²) < 4.78 is 29.4. The molecule has 0 saturated carbocycles. The van der Waals surface area contributed by atoms with E-state index in [1.165, 1.54) is 24.1 Å². The highest BCUT2D eigenvalue weighted by Gasteiger charge is 2.35. The van der Waals surface area contributed by atoms with Gasteiger partial charge in [0.15, 0.2) is 0 Å². The van der Waals surface area contributed by atoms with Crippen LogP contribution in [-0.2, 0) is 32.6 Å². The van der Waals surface area contributed by atoms with Crippen molar-refractivity contribution in [3.8, 4) is 0 Å². The summed E-state index contributed by atoms with van der Waals surface area (Å²) in [5, 5.41) is 3.31. The Balaban J connectivity index is 1.82. The lowest BCUT2D eigenvalue weighted by molar-refractivity contribution is -0.139. The molecular weight excluding hydrogens is 629 g/mol. The quantitative estimate of drug-likeness (QED) is 0.176. The minimum atomic E-state index is -4.20. The predicted molar refractivity (Wildman–Crippen MR) is 181 cm³/mol. The monoisotopic (exact) mass is 665 g/mol. The number of amides is 2. The van der Waals surface area contributed by atoms with E-state index in [1.807, 2.05) is 63.2 Å². The van der Waals surface area contributed by atoms with E-state index in [1.54, 1.807) is 42.5 Å². The average molecular weight is 667 g/mol. The molecule has 0 unspecified atom stereocenters. The lowest BCUT2D eigenvalue weighted by atomic mass is 10.0. The van der Waals surface area contributed by atoms with E-state index < -0.39 is 34.4 Å². The molecule has 7 nitrogen and oxygen atoms in total. The number of hydrogen-bond donors (Lipinski definition) is 1. The molecule has 0 saturated heterocycles. The zero-order valence-corrected chi connectivity index (χ0v) is 28.0. The zero-order valence-electron chi connectivity index (χ0n) is 25.7. The Morgan fingerprint density at radius 1 is 0.822 bits per heavy atom. The molecule has 10 heteroatoms. The highest BCUT2D eigenvalue weighted by molar-refractivity contribution is 7.92. The molecule has 1 atom stereocenters. The molecule has 0 radical (unpaired) electrons. The van der Waals surface area contributed by atoms with Crippen molar-refractivity contribution in [1.29, 1.82) is 0 Å². The van der Waals surface area contributed by atoms with Crippen molar-refractivity contribution < 1.29 is 18.0 Å². The molecule has 45 heavy (non-hydrogen) atoms. The fourth-order valence-electron chi connectivity index (χ4n) is 4.97. The van der Waals surface area contributed by atoms with Crippen LogP contribution in [0.2, 0.25) is 10.0 Å². The predicted octanol–water partition coefficient (Wildman–Crippen LogP) is 7.01. The number of sulfonamides is 1.